The van der Waals surface area contributed by atoms with Crippen LogP contribution in [0.5, 0.6) is 0 Å². The maximum atomic E-state index is 10.1. The van der Waals surface area contributed by atoms with Gasteiger partial charge in [0.05, 0.1) is 12.6 Å². The molecule has 1 atom stereocenters. The highest BCUT2D eigenvalue weighted by molar-refractivity contribution is 5.79. The average molecular weight is 322 g/mol. The number of aliphatic hydroxyl groups excluding tert-OH is 1. The fourth-order valence-corrected chi connectivity index (χ4v) is 1.91. The second-order valence-corrected chi connectivity index (χ2v) is 5.77. The topological polar surface area (TPSA) is 78.8 Å². The first-order valence-electron chi connectivity index (χ1n) is 8.31. The van der Waals surface area contributed by atoms with Crippen molar-refractivity contribution in [3.63, 3.8) is 0 Å². The van der Waals surface area contributed by atoms with Crippen LogP contribution >= 0.6 is 0 Å². The lowest BCUT2D eigenvalue weighted by Crippen LogP contribution is -2.38. The van der Waals surface area contributed by atoms with E-state index >= 15 is 0 Å². The monoisotopic (exact) mass is 322 g/mol. The van der Waals surface area contributed by atoms with E-state index in [-0.39, 0.29) is 0 Å². The van der Waals surface area contributed by atoms with Crippen LogP contribution in [0.1, 0.15) is 38.9 Å². The highest BCUT2D eigenvalue weighted by Gasteiger charge is 2.06. The highest BCUT2D eigenvalue weighted by atomic mass is 16.5. The van der Waals surface area contributed by atoms with Crippen molar-refractivity contribution >= 4 is 5.96 Å². The van der Waals surface area contributed by atoms with E-state index in [9.17, 15) is 5.11 Å². The molecule has 130 valence electrons. The average Bonchev–Trinajstić information content (AvgIpc) is 2.55. The fourth-order valence-electron chi connectivity index (χ4n) is 1.91. The second-order valence-electron chi connectivity index (χ2n) is 5.77. The van der Waals surface area contributed by atoms with E-state index in [0.29, 0.717) is 18.4 Å². The minimum atomic E-state index is -0.622. The standard InChI is InChI=1S/C17H30N4O2/c1-4-19-17(20-8-5-11-23-13-14(2)3)21-12-16(22)15-6-9-18-10-7-15/h6-7,9-10,14,16,22H,4-5,8,11-13H2,1-3H3,(H2,19,20,21). The SMILES string of the molecule is CCNC(=NCC(O)c1ccncc1)NCCCOCC(C)C. The van der Waals surface area contributed by atoms with Crippen molar-refractivity contribution in [1.29, 1.82) is 0 Å². The van der Waals surface area contributed by atoms with E-state index in [0.717, 1.165) is 38.3 Å². The summed E-state index contributed by atoms with van der Waals surface area (Å²) in [5, 5.41) is 16.5. The van der Waals surface area contributed by atoms with Crippen LogP contribution in [-0.2, 0) is 4.74 Å². The Morgan fingerprint density at radius 3 is 2.70 bits per heavy atom. The molecule has 3 N–H and O–H groups in total. The van der Waals surface area contributed by atoms with Crippen LogP contribution in [0, 0.1) is 5.92 Å². The van der Waals surface area contributed by atoms with E-state index in [1.54, 1.807) is 24.5 Å². The number of nitrogens with one attached hydrogen (secondary N) is 2. The number of aliphatic hydroxyl groups is 1. The van der Waals surface area contributed by atoms with Gasteiger partial charge in [-0.25, -0.2) is 0 Å². The molecule has 1 rings (SSSR count). The Morgan fingerprint density at radius 2 is 2.04 bits per heavy atom. The van der Waals surface area contributed by atoms with Crippen LogP contribution in [0.15, 0.2) is 29.5 Å². The van der Waals surface area contributed by atoms with Crippen LogP contribution < -0.4 is 10.6 Å². The normalized spacial score (nSPS) is 13.2. The maximum Gasteiger partial charge on any atom is 0.191 e. The molecule has 0 saturated carbocycles. The van der Waals surface area contributed by atoms with Gasteiger partial charge in [-0.05, 0) is 37.0 Å². The van der Waals surface area contributed by atoms with Crippen LogP contribution in [-0.4, -0.2) is 48.9 Å². The molecule has 0 aliphatic carbocycles. The predicted octanol–water partition coefficient (Wildman–Crippen LogP) is 1.73. The Hall–Kier alpha value is -1.66. The molecular weight excluding hydrogens is 292 g/mol. The Balaban J connectivity index is 2.32. The van der Waals surface area contributed by atoms with Crippen molar-refractivity contribution in [2.24, 2.45) is 10.9 Å². The number of ether oxygens (including phenoxy) is 1. The van der Waals surface area contributed by atoms with Crippen molar-refractivity contribution in [1.82, 2.24) is 15.6 Å². The predicted molar refractivity (Wildman–Crippen MR) is 93.5 cm³/mol. The zero-order valence-corrected chi connectivity index (χ0v) is 14.5. The smallest absolute Gasteiger partial charge is 0.191 e. The molecular formula is C17H30N4O2. The van der Waals surface area contributed by atoms with Gasteiger partial charge < -0.3 is 20.5 Å². The lowest BCUT2D eigenvalue weighted by Gasteiger charge is -2.13. The summed E-state index contributed by atoms with van der Waals surface area (Å²) in [5.74, 6) is 1.28. The first-order chi connectivity index (χ1) is 11.1. The van der Waals surface area contributed by atoms with Gasteiger partial charge in [-0.2, -0.15) is 0 Å². The fraction of sp³-hybridized carbons (Fsp3) is 0.647. The van der Waals surface area contributed by atoms with Gasteiger partial charge in [-0.1, -0.05) is 13.8 Å². The Bertz CT molecular complexity index is 437. The van der Waals surface area contributed by atoms with Gasteiger partial charge in [-0.3, -0.25) is 9.98 Å². The molecule has 1 unspecified atom stereocenters. The number of aliphatic imine (C=N–C) groups is 1. The molecule has 0 amide bonds. The summed E-state index contributed by atoms with van der Waals surface area (Å²) in [6, 6.07) is 3.60. The number of guanidine groups is 1. The second kappa shape index (κ2) is 11.8. The van der Waals surface area contributed by atoms with Crippen LogP contribution in [0.25, 0.3) is 0 Å². The summed E-state index contributed by atoms with van der Waals surface area (Å²) in [6.45, 7) is 9.71. The van der Waals surface area contributed by atoms with Crippen molar-refractivity contribution < 1.29 is 9.84 Å². The third-order valence-electron chi connectivity index (χ3n) is 3.07. The van der Waals surface area contributed by atoms with E-state index in [1.165, 1.54) is 0 Å². The van der Waals surface area contributed by atoms with Gasteiger partial charge in [0.2, 0.25) is 0 Å². The number of aromatic nitrogens is 1. The molecule has 6 heteroatoms. The third-order valence-corrected chi connectivity index (χ3v) is 3.07. The highest BCUT2D eigenvalue weighted by Crippen LogP contribution is 2.10. The summed E-state index contributed by atoms with van der Waals surface area (Å²) in [4.78, 5) is 8.36. The maximum absolute atomic E-state index is 10.1. The number of nitrogens with zero attached hydrogens (tertiary/aromatic N) is 2. The van der Waals surface area contributed by atoms with Crippen molar-refractivity contribution in [2.75, 3.05) is 32.8 Å². The zero-order chi connectivity index (χ0) is 16.9. The lowest BCUT2D eigenvalue weighted by atomic mass is 10.1. The van der Waals surface area contributed by atoms with Crippen molar-refractivity contribution in [3.8, 4) is 0 Å². The number of hydrogen-bond acceptors (Lipinski definition) is 4. The quantitative estimate of drug-likeness (QED) is 0.347. The first-order valence-corrected chi connectivity index (χ1v) is 8.31. The van der Waals surface area contributed by atoms with Crippen LogP contribution in [0.4, 0.5) is 0 Å². The summed E-state index contributed by atoms with van der Waals surface area (Å²) < 4.78 is 5.55. The zero-order valence-electron chi connectivity index (χ0n) is 14.5. The Morgan fingerprint density at radius 1 is 1.30 bits per heavy atom. The molecule has 0 saturated heterocycles. The number of pyridine rings is 1. The Kier molecular flexibility index (Phi) is 9.99. The molecule has 0 bridgehead atoms. The lowest BCUT2D eigenvalue weighted by molar-refractivity contribution is 0.108. The van der Waals surface area contributed by atoms with Gasteiger partial charge in [0.25, 0.3) is 0 Å². The summed E-state index contributed by atoms with van der Waals surface area (Å²) >= 11 is 0. The van der Waals surface area contributed by atoms with Crippen LogP contribution in [0.2, 0.25) is 0 Å². The Labute approximate surface area is 139 Å². The number of rotatable bonds is 10. The molecule has 1 heterocycles. The summed E-state index contributed by atoms with van der Waals surface area (Å²) in [6.07, 6.45) is 3.64. The molecule has 0 aliphatic rings. The molecule has 0 radical (unpaired) electrons. The first kappa shape index (κ1) is 19.4. The minimum Gasteiger partial charge on any atom is -0.386 e. The minimum absolute atomic E-state index is 0.309. The van der Waals surface area contributed by atoms with E-state index < -0.39 is 6.10 Å². The molecule has 23 heavy (non-hydrogen) atoms. The van der Waals surface area contributed by atoms with Gasteiger partial charge in [0.15, 0.2) is 5.96 Å². The van der Waals surface area contributed by atoms with E-state index in [2.05, 4.69) is 34.5 Å². The molecule has 0 aliphatic heterocycles. The van der Waals surface area contributed by atoms with E-state index in [4.69, 9.17) is 4.74 Å². The summed E-state index contributed by atoms with van der Waals surface area (Å²) in [7, 11) is 0. The third kappa shape index (κ3) is 9.15. The molecule has 0 aromatic carbocycles. The molecule has 1 aromatic rings. The molecule has 0 spiro atoms. The molecule has 1 aromatic heterocycles. The van der Waals surface area contributed by atoms with E-state index in [1.807, 2.05) is 6.92 Å². The van der Waals surface area contributed by atoms with Gasteiger partial charge in [0.1, 0.15) is 0 Å². The summed E-state index contributed by atoms with van der Waals surface area (Å²) in [5.41, 5.74) is 0.821. The van der Waals surface area contributed by atoms with Gasteiger partial charge in [-0.15, -0.1) is 0 Å². The van der Waals surface area contributed by atoms with Crippen molar-refractivity contribution in [2.45, 2.75) is 33.3 Å². The van der Waals surface area contributed by atoms with Crippen LogP contribution in [0.3, 0.4) is 0 Å². The molecule has 6 nitrogen and oxygen atoms in total. The number of hydrogen-bond donors (Lipinski definition) is 3. The molecule has 0 fully saturated rings. The van der Waals surface area contributed by atoms with Gasteiger partial charge in [0, 0.05) is 38.7 Å². The largest absolute Gasteiger partial charge is 0.386 e. The van der Waals surface area contributed by atoms with Gasteiger partial charge >= 0.3 is 0 Å². The van der Waals surface area contributed by atoms with Crippen molar-refractivity contribution in [3.05, 3.63) is 30.1 Å².